The van der Waals surface area contributed by atoms with E-state index in [0.29, 0.717) is 18.2 Å². The second-order valence-corrected chi connectivity index (χ2v) is 8.43. The van der Waals surface area contributed by atoms with Crippen molar-refractivity contribution in [3.63, 3.8) is 0 Å². The summed E-state index contributed by atoms with van der Waals surface area (Å²) in [6, 6.07) is 8.42. The van der Waals surface area contributed by atoms with Crippen LogP contribution in [0.2, 0.25) is 0 Å². The molecule has 3 heterocycles. The standard InChI is InChI=1S/C22H25FN6O2.2ClH/c1-27-14-17(13-25-27)28-15-22(31-21(28)30)9-6-16(7-10-22)12-24-20-8-11-29(26-20)19-5-3-2-4-18(19)23;;/h2-5,8,11,13-14,16H,6-7,9-10,12,15H2,1H3,(H,24,26);2*1H. The summed E-state index contributed by atoms with van der Waals surface area (Å²) in [5, 5.41) is 12.0. The number of carbonyl (C=O) groups is 1. The van der Waals surface area contributed by atoms with Crippen LogP contribution in [-0.4, -0.2) is 44.3 Å². The number of benzene rings is 1. The maximum Gasteiger partial charge on any atom is 0.415 e. The number of halogens is 3. The summed E-state index contributed by atoms with van der Waals surface area (Å²) < 4.78 is 23.0. The van der Waals surface area contributed by atoms with Gasteiger partial charge in [0.15, 0.2) is 0 Å². The van der Waals surface area contributed by atoms with Crippen LogP contribution in [0, 0.1) is 11.7 Å². The van der Waals surface area contributed by atoms with Crippen molar-refractivity contribution in [3.8, 4) is 5.69 Å². The highest BCUT2D eigenvalue weighted by molar-refractivity contribution is 5.90. The molecule has 1 aliphatic heterocycles. The minimum Gasteiger partial charge on any atom is -0.441 e. The van der Waals surface area contributed by atoms with Crippen molar-refractivity contribution >= 4 is 42.4 Å². The summed E-state index contributed by atoms with van der Waals surface area (Å²) in [5.41, 5.74) is 0.797. The number of ether oxygens (including phenoxy) is 1. The molecule has 33 heavy (non-hydrogen) atoms. The number of aryl methyl sites for hydroxylation is 1. The van der Waals surface area contributed by atoms with E-state index < -0.39 is 5.60 Å². The van der Waals surface area contributed by atoms with E-state index in [1.54, 1.807) is 44.9 Å². The van der Waals surface area contributed by atoms with Gasteiger partial charge in [0.25, 0.3) is 0 Å². The number of amides is 1. The number of anilines is 2. The van der Waals surface area contributed by atoms with Gasteiger partial charge < -0.3 is 10.1 Å². The molecule has 2 fully saturated rings. The number of carbonyl (C=O) groups excluding carboxylic acids is 1. The first-order chi connectivity index (χ1) is 15.0. The van der Waals surface area contributed by atoms with E-state index in [9.17, 15) is 9.18 Å². The number of hydrogen-bond donors (Lipinski definition) is 1. The van der Waals surface area contributed by atoms with Gasteiger partial charge in [0.05, 0.1) is 18.4 Å². The zero-order chi connectivity index (χ0) is 21.4. The van der Waals surface area contributed by atoms with E-state index in [0.717, 1.165) is 43.7 Å². The molecule has 0 radical (unpaired) electrons. The van der Waals surface area contributed by atoms with Crippen LogP contribution in [0.4, 0.5) is 20.7 Å². The highest BCUT2D eigenvalue weighted by Gasteiger charge is 2.47. The van der Waals surface area contributed by atoms with E-state index in [1.807, 2.05) is 19.3 Å². The second kappa shape index (κ2) is 10.0. The molecular weight excluding hydrogens is 470 g/mol. The molecule has 1 saturated heterocycles. The molecular formula is C22H27Cl2FN6O2. The Morgan fingerprint density at radius 1 is 1.21 bits per heavy atom. The number of aromatic nitrogens is 4. The first kappa shape index (κ1) is 24.9. The van der Waals surface area contributed by atoms with E-state index in [2.05, 4.69) is 15.5 Å². The molecule has 11 heteroatoms. The lowest BCUT2D eigenvalue weighted by Crippen LogP contribution is -2.39. The van der Waals surface area contributed by atoms with E-state index in [4.69, 9.17) is 4.74 Å². The molecule has 0 atom stereocenters. The third kappa shape index (κ3) is 5.09. The number of hydrogen-bond acceptors (Lipinski definition) is 5. The van der Waals surface area contributed by atoms with Crippen LogP contribution in [0.25, 0.3) is 5.69 Å². The monoisotopic (exact) mass is 496 g/mol. The minimum absolute atomic E-state index is 0. The Morgan fingerprint density at radius 2 is 1.97 bits per heavy atom. The van der Waals surface area contributed by atoms with Crippen molar-refractivity contribution in [1.82, 2.24) is 19.6 Å². The van der Waals surface area contributed by atoms with Crippen molar-refractivity contribution in [2.75, 3.05) is 23.3 Å². The fraction of sp³-hybridized carbons (Fsp3) is 0.409. The topological polar surface area (TPSA) is 77.2 Å². The average molecular weight is 497 g/mol. The van der Waals surface area contributed by atoms with Crippen LogP contribution in [0.15, 0.2) is 48.9 Å². The summed E-state index contributed by atoms with van der Waals surface area (Å²) >= 11 is 0. The summed E-state index contributed by atoms with van der Waals surface area (Å²) in [5.74, 6) is 0.884. The Kier molecular flexibility index (Phi) is 7.54. The van der Waals surface area contributed by atoms with Crippen molar-refractivity contribution in [2.24, 2.45) is 13.0 Å². The summed E-state index contributed by atoms with van der Waals surface area (Å²) in [7, 11) is 1.83. The Morgan fingerprint density at radius 3 is 2.67 bits per heavy atom. The van der Waals surface area contributed by atoms with Gasteiger partial charge in [0, 0.05) is 32.1 Å². The highest BCUT2D eigenvalue weighted by atomic mass is 35.5. The number of rotatable bonds is 5. The van der Waals surface area contributed by atoms with Gasteiger partial charge in [-0.3, -0.25) is 9.58 Å². The summed E-state index contributed by atoms with van der Waals surface area (Å²) in [4.78, 5) is 14.1. The zero-order valence-corrected chi connectivity index (χ0v) is 19.8. The third-order valence-electron chi connectivity index (χ3n) is 6.25. The molecule has 1 amide bonds. The van der Waals surface area contributed by atoms with Crippen LogP contribution in [-0.2, 0) is 11.8 Å². The smallest absolute Gasteiger partial charge is 0.415 e. The predicted molar refractivity (Wildman–Crippen MR) is 128 cm³/mol. The second-order valence-electron chi connectivity index (χ2n) is 8.43. The first-order valence-electron chi connectivity index (χ1n) is 10.5. The molecule has 2 aromatic heterocycles. The molecule has 178 valence electrons. The Bertz CT molecular complexity index is 1100. The maximum absolute atomic E-state index is 13.9. The molecule has 0 unspecified atom stereocenters. The van der Waals surface area contributed by atoms with Gasteiger partial charge in [0.1, 0.15) is 22.9 Å². The zero-order valence-electron chi connectivity index (χ0n) is 18.2. The van der Waals surface area contributed by atoms with Crippen molar-refractivity contribution in [2.45, 2.75) is 31.3 Å². The van der Waals surface area contributed by atoms with Gasteiger partial charge in [-0.25, -0.2) is 13.9 Å². The van der Waals surface area contributed by atoms with Crippen LogP contribution in [0.1, 0.15) is 25.7 Å². The Hall–Kier alpha value is -2.78. The lowest BCUT2D eigenvalue weighted by molar-refractivity contribution is 0.0148. The Balaban J connectivity index is 0.00000153. The maximum atomic E-state index is 13.9. The van der Waals surface area contributed by atoms with Gasteiger partial charge in [-0.15, -0.1) is 24.8 Å². The van der Waals surface area contributed by atoms with E-state index in [-0.39, 0.29) is 36.7 Å². The molecule has 3 aromatic rings. The lowest BCUT2D eigenvalue weighted by Gasteiger charge is -2.35. The molecule has 1 N–H and O–H groups in total. The fourth-order valence-electron chi connectivity index (χ4n) is 4.48. The Labute approximate surface area is 203 Å². The van der Waals surface area contributed by atoms with Gasteiger partial charge >= 0.3 is 6.09 Å². The largest absolute Gasteiger partial charge is 0.441 e. The molecule has 5 rings (SSSR count). The minimum atomic E-state index is -0.407. The number of nitrogens with zero attached hydrogens (tertiary/aromatic N) is 5. The van der Waals surface area contributed by atoms with Crippen LogP contribution >= 0.6 is 24.8 Å². The number of para-hydroxylation sites is 1. The molecule has 1 spiro atoms. The van der Waals surface area contributed by atoms with E-state index >= 15 is 0 Å². The fourth-order valence-corrected chi connectivity index (χ4v) is 4.48. The van der Waals surface area contributed by atoms with Gasteiger partial charge in [-0.05, 0) is 43.7 Å². The van der Waals surface area contributed by atoms with Gasteiger partial charge in [0.2, 0.25) is 0 Å². The third-order valence-corrected chi connectivity index (χ3v) is 6.25. The van der Waals surface area contributed by atoms with Crippen molar-refractivity contribution < 1.29 is 13.9 Å². The SMILES string of the molecule is Cl.Cl.Cn1cc(N2CC3(CCC(CNc4ccn(-c5ccccc5F)n4)CC3)OC2=O)cn1. The van der Waals surface area contributed by atoms with Crippen LogP contribution in [0.5, 0.6) is 0 Å². The van der Waals surface area contributed by atoms with Crippen LogP contribution < -0.4 is 10.2 Å². The predicted octanol–water partition coefficient (Wildman–Crippen LogP) is 4.59. The first-order valence-corrected chi connectivity index (χ1v) is 10.5. The molecule has 1 saturated carbocycles. The summed E-state index contributed by atoms with van der Waals surface area (Å²) in [6.45, 7) is 1.36. The average Bonchev–Trinajstić information content (AvgIpc) is 3.48. The molecule has 0 bridgehead atoms. The van der Waals surface area contributed by atoms with Crippen molar-refractivity contribution in [3.05, 3.63) is 54.7 Å². The molecule has 1 aliphatic carbocycles. The normalized spacial score (nSPS) is 21.9. The van der Waals surface area contributed by atoms with Gasteiger partial charge in [-0.2, -0.15) is 10.2 Å². The summed E-state index contributed by atoms with van der Waals surface area (Å²) in [6.07, 6.45) is 8.60. The van der Waals surface area contributed by atoms with Crippen molar-refractivity contribution in [1.29, 1.82) is 0 Å². The van der Waals surface area contributed by atoms with E-state index in [1.165, 1.54) is 6.07 Å². The quantitative estimate of drug-likeness (QED) is 0.558. The number of nitrogens with one attached hydrogen (secondary N) is 1. The van der Waals surface area contributed by atoms with Crippen LogP contribution in [0.3, 0.4) is 0 Å². The molecule has 8 nitrogen and oxygen atoms in total. The lowest BCUT2D eigenvalue weighted by atomic mass is 9.78. The van der Waals surface area contributed by atoms with Gasteiger partial charge in [-0.1, -0.05) is 12.1 Å². The molecule has 1 aromatic carbocycles. The highest BCUT2D eigenvalue weighted by Crippen LogP contribution is 2.40. The molecule has 2 aliphatic rings.